The van der Waals surface area contributed by atoms with Crippen LogP contribution in [0.4, 0.5) is 16.0 Å². The Labute approximate surface area is 163 Å². The zero-order chi connectivity index (χ0) is 19.6. The number of hydrogen-bond acceptors (Lipinski definition) is 6. The van der Waals surface area contributed by atoms with E-state index in [1.165, 1.54) is 12.4 Å². The van der Waals surface area contributed by atoms with E-state index in [0.29, 0.717) is 43.3 Å². The second-order valence-corrected chi connectivity index (χ2v) is 6.01. The third-order valence-corrected chi connectivity index (χ3v) is 4.06. The molecule has 2 aromatic carbocycles. The quantitative estimate of drug-likeness (QED) is 0.520. The van der Waals surface area contributed by atoms with Gasteiger partial charge in [-0.2, -0.15) is 0 Å². The third-order valence-electron chi connectivity index (χ3n) is 4.06. The Morgan fingerprint density at radius 3 is 2.29 bits per heavy atom. The zero-order valence-electron chi connectivity index (χ0n) is 15.7. The summed E-state index contributed by atoms with van der Waals surface area (Å²) in [5.41, 5.74) is 0.679. The summed E-state index contributed by atoms with van der Waals surface area (Å²) in [6.07, 6.45) is 2.06. The predicted octanol–water partition coefficient (Wildman–Crippen LogP) is 3.77. The molecule has 3 rings (SSSR count). The van der Waals surface area contributed by atoms with Crippen LogP contribution in [0.1, 0.15) is 5.56 Å². The molecule has 1 aromatic heterocycles. The number of hydrogen-bond donors (Lipinski definition) is 2. The summed E-state index contributed by atoms with van der Waals surface area (Å²) >= 11 is 0. The Morgan fingerprint density at radius 2 is 1.57 bits per heavy atom. The third kappa shape index (κ3) is 5.84. The van der Waals surface area contributed by atoms with Crippen molar-refractivity contribution in [2.75, 3.05) is 37.4 Å². The summed E-state index contributed by atoms with van der Waals surface area (Å²) in [5, 5.41) is 6.38. The van der Waals surface area contributed by atoms with Gasteiger partial charge in [-0.3, -0.25) is 0 Å². The second-order valence-electron chi connectivity index (χ2n) is 6.01. The minimum atomic E-state index is -0.189. The molecule has 28 heavy (non-hydrogen) atoms. The number of nitrogens with one attached hydrogen (secondary N) is 2. The van der Waals surface area contributed by atoms with Crippen LogP contribution in [0.25, 0.3) is 0 Å². The molecule has 0 atom stereocenters. The smallest absolute Gasteiger partial charge is 0.131 e. The lowest BCUT2D eigenvalue weighted by molar-refractivity contribution is 0.331. The van der Waals surface area contributed by atoms with Gasteiger partial charge in [0.05, 0.1) is 13.7 Å². The van der Waals surface area contributed by atoms with Crippen molar-refractivity contribution in [2.24, 2.45) is 0 Å². The predicted molar refractivity (Wildman–Crippen MR) is 108 cm³/mol. The molecule has 0 aliphatic heterocycles. The SMILES string of the molecule is COc1ccc(OCCNc2cc(NCCc3ccccc3F)ncn2)cc1. The maximum absolute atomic E-state index is 13.6. The summed E-state index contributed by atoms with van der Waals surface area (Å²) in [6.45, 7) is 1.67. The van der Waals surface area contributed by atoms with Crippen LogP contribution in [0.15, 0.2) is 60.9 Å². The number of anilines is 2. The first-order chi connectivity index (χ1) is 13.7. The van der Waals surface area contributed by atoms with E-state index in [1.807, 2.05) is 36.4 Å². The molecule has 2 N–H and O–H groups in total. The Bertz CT molecular complexity index is 874. The first kappa shape index (κ1) is 19.4. The first-order valence-electron chi connectivity index (χ1n) is 9.04. The lowest BCUT2D eigenvalue weighted by Gasteiger charge is -2.10. The molecule has 0 fully saturated rings. The van der Waals surface area contributed by atoms with Crippen LogP contribution in [0.2, 0.25) is 0 Å². The van der Waals surface area contributed by atoms with Gasteiger partial charge in [0.15, 0.2) is 0 Å². The van der Waals surface area contributed by atoms with Gasteiger partial charge in [-0.05, 0) is 42.3 Å². The number of ether oxygens (including phenoxy) is 2. The van der Waals surface area contributed by atoms with Crippen LogP contribution >= 0.6 is 0 Å². The molecule has 0 saturated carbocycles. The van der Waals surface area contributed by atoms with Gasteiger partial charge in [0, 0.05) is 12.6 Å². The van der Waals surface area contributed by atoms with E-state index in [2.05, 4.69) is 20.6 Å². The van der Waals surface area contributed by atoms with Gasteiger partial charge < -0.3 is 20.1 Å². The molecule has 6 nitrogen and oxygen atoms in total. The molecule has 0 unspecified atom stereocenters. The van der Waals surface area contributed by atoms with E-state index >= 15 is 0 Å². The normalized spacial score (nSPS) is 10.4. The number of halogens is 1. The number of methoxy groups -OCH3 is 1. The first-order valence-corrected chi connectivity index (χ1v) is 9.04. The molecule has 0 amide bonds. The minimum Gasteiger partial charge on any atom is -0.497 e. The van der Waals surface area contributed by atoms with Gasteiger partial charge in [-0.15, -0.1) is 0 Å². The Morgan fingerprint density at radius 1 is 0.893 bits per heavy atom. The Hall–Kier alpha value is -3.35. The summed E-state index contributed by atoms with van der Waals surface area (Å²) in [4.78, 5) is 8.38. The van der Waals surface area contributed by atoms with Crippen molar-refractivity contribution in [1.29, 1.82) is 0 Å². The highest BCUT2D eigenvalue weighted by Gasteiger charge is 2.02. The highest BCUT2D eigenvalue weighted by Crippen LogP contribution is 2.17. The fourth-order valence-electron chi connectivity index (χ4n) is 2.60. The van der Waals surface area contributed by atoms with Crippen LogP contribution in [-0.4, -0.2) is 36.8 Å². The van der Waals surface area contributed by atoms with Crippen molar-refractivity contribution in [2.45, 2.75) is 6.42 Å². The molecule has 146 valence electrons. The van der Waals surface area contributed by atoms with E-state index in [1.54, 1.807) is 19.2 Å². The van der Waals surface area contributed by atoms with Crippen LogP contribution in [0.3, 0.4) is 0 Å². The molecule has 0 saturated heterocycles. The fraction of sp³-hybridized carbons (Fsp3) is 0.238. The zero-order valence-corrected chi connectivity index (χ0v) is 15.7. The summed E-state index contributed by atoms with van der Waals surface area (Å²) in [7, 11) is 1.63. The van der Waals surface area contributed by atoms with Crippen molar-refractivity contribution in [3.8, 4) is 11.5 Å². The molecular formula is C21H23FN4O2. The van der Waals surface area contributed by atoms with Crippen molar-refractivity contribution in [3.63, 3.8) is 0 Å². The van der Waals surface area contributed by atoms with E-state index < -0.39 is 0 Å². The number of benzene rings is 2. The average molecular weight is 382 g/mol. The summed E-state index contributed by atoms with van der Waals surface area (Å²) in [5.74, 6) is 2.76. The van der Waals surface area contributed by atoms with Crippen molar-refractivity contribution in [1.82, 2.24) is 9.97 Å². The molecule has 7 heteroatoms. The van der Waals surface area contributed by atoms with Gasteiger partial charge >= 0.3 is 0 Å². The summed E-state index contributed by atoms with van der Waals surface area (Å²) < 4.78 is 24.4. The van der Waals surface area contributed by atoms with Crippen LogP contribution in [0, 0.1) is 5.82 Å². The molecule has 1 heterocycles. The molecule has 3 aromatic rings. The highest BCUT2D eigenvalue weighted by molar-refractivity contribution is 5.46. The molecule has 0 aliphatic carbocycles. The van der Waals surface area contributed by atoms with Crippen LogP contribution in [0.5, 0.6) is 11.5 Å². The van der Waals surface area contributed by atoms with E-state index in [0.717, 1.165) is 11.5 Å². The monoisotopic (exact) mass is 382 g/mol. The van der Waals surface area contributed by atoms with Crippen molar-refractivity contribution >= 4 is 11.6 Å². The fourth-order valence-corrected chi connectivity index (χ4v) is 2.60. The van der Waals surface area contributed by atoms with Crippen molar-refractivity contribution < 1.29 is 13.9 Å². The maximum Gasteiger partial charge on any atom is 0.131 e. The topological polar surface area (TPSA) is 68.3 Å². The highest BCUT2D eigenvalue weighted by atomic mass is 19.1. The van der Waals surface area contributed by atoms with E-state index in [9.17, 15) is 4.39 Å². The Balaban J connectivity index is 1.41. The lowest BCUT2D eigenvalue weighted by atomic mass is 10.1. The van der Waals surface area contributed by atoms with E-state index in [4.69, 9.17) is 9.47 Å². The second kappa shape index (κ2) is 10.1. The molecule has 0 aliphatic rings. The molecule has 0 radical (unpaired) electrons. The van der Waals surface area contributed by atoms with Gasteiger partial charge in [-0.1, -0.05) is 18.2 Å². The standard InChI is InChI=1S/C21H23FN4O2/c1-27-17-6-8-18(9-7-17)28-13-12-24-21-14-20(25-15-26-21)23-11-10-16-4-2-3-5-19(16)22/h2-9,14-15H,10-13H2,1H3,(H2,23,24,25,26). The number of aromatic nitrogens is 2. The number of rotatable bonds is 10. The minimum absolute atomic E-state index is 0.189. The Kier molecular flexibility index (Phi) is 7.01. The molecule has 0 spiro atoms. The van der Waals surface area contributed by atoms with Gasteiger partial charge in [0.25, 0.3) is 0 Å². The van der Waals surface area contributed by atoms with Gasteiger partial charge in [-0.25, -0.2) is 14.4 Å². The lowest BCUT2D eigenvalue weighted by Crippen LogP contribution is -2.13. The maximum atomic E-state index is 13.6. The number of nitrogens with zero attached hydrogens (tertiary/aromatic N) is 2. The summed E-state index contributed by atoms with van der Waals surface area (Å²) in [6, 6.07) is 16.0. The van der Waals surface area contributed by atoms with Gasteiger partial charge in [0.2, 0.25) is 0 Å². The van der Waals surface area contributed by atoms with E-state index in [-0.39, 0.29) is 5.82 Å². The van der Waals surface area contributed by atoms with Gasteiger partial charge in [0.1, 0.15) is 41.9 Å². The van der Waals surface area contributed by atoms with Crippen LogP contribution in [-0.2, 0) is 6.42 Å². The molecular weight excluding hydrogens is 359 g/mol. The van der Waals surface area contributed by atoms with Crippen LogP contribution < -0.4 is 20.1 Å². The average Bonchev–Trinajstić information content (AvgIpc) is 2.73. The largest absolute Gasteiger partial charge is 0.497 e. The molecule has 0 bridgehead atoms. The van der Waals surface area contributed by atoms with Crippen molar-refractivity contribution in [3.05, 3.63) is 72.3 Å².